The number of nitriles is 1. The standard InChI is InChI=1S/C20H18N6O3S/c21-9-18-16(7-8-30-18)22-20(28)17-5-3-13-4-6-19(23-26(13)17)24-10-15-2-1-14(24)11-25(15)29-12-27/h3-8,12,14-15H,1-2,10-11H2,(H,22,28)/t14-,15-/m0/s1. The fourth-order valence-electron chi connectivity index (χ4n) is 4.24. The second-order valence-corrected chi connectivity index (χ2v) is 8.23. The largest absolute Gasteiger partial charge is 0.370 e. The number of hydrogen-bond acceptors (Lipinski definition) is 8. The van der Waals surface area contributed by atoms with Gasteiger partial charge in [0.05, 0.1) is 23.8 Å². The second-order valence-electron chi connectivity index (χ2n) is 7.31. The number of carbonyl (C=O) groups is 2. The molecule has 9 nitrogen and oxygen atoms in total. The summed E-state index contributed by atoms with van der Waals surface area (Å²) in [7, 11) is 0. The van der Waals surface area contributed by atoms with E-state index in [4.69, 9.17) is 15.2 Å². The van der Waals surface area contributed by atoms with Gasteiger partial charge >= 0.3 is 6.47 Å². The molecule has 152 valence electrons. The molecule has 6 rings (SSSR count). The van der Waals surface area contributed by atoms with Gasteiger partial charge in [0.1, 0.15) is 22.5 Å². The molecule has 0 radical (unpaired) electrons. The minimum atomic E-state index is -0.319. The summed E-state index contributed by atoms with van der Waals surface area (Å²) in [5.74, 6) is 0.460. The molecule has 3 aromatic rings. The Morgan fingerprint density at radius 1 is 1.23 bits per heavy atom. The van der Waals surface area contributed by atoms with Crippen LogP contribution in [0.1, 0.15) is 28.2 Å². The van der Waals surface area contributed by atoms with Crippen LogP contribution in [0.2, 0.25) is 0 Å². The highest BCUT2D eigenvalue weighted by molar-refractivity contribution is 7.11. The molecule has 3 aromatic heterocycles. The zero-order chi connectivity index (χ0) is 20.7. The molecule has 1 amide bonds. The molecule has 2 atom stereocenters. The zero-order valence-electron chi connectivity index (χ0n) is 15.9. The molecule has 0 unspecified atom stereocenters. The summed E-state index contributed by atoms with van der Waals surface area (Å²) in [6.07, 6.45) is 1.97. The molecule has 0 spiro atoms. The molecule has 0 saturated carbocycles. The van der Waals surface area contributed by atoms with E-state index in [1.54, 1.807) is 27.1 Å². The van der Waals surface area contributed by atoms with E-state index < -0.39 is 0 Å². The van der Waals surface area contributed by atoms with Crippen LogP contribution < -0.4 is 10.2 Å². The van der Waals surface area contributed by atoms with Gasteiger partial charge in [0, 0.05) is 12.6 Å². The molecule has 6 heterocycles. The van der Waals surface area contributed by atoms with Crippen LogP contribution in [0, 0.1) is 11.3 Å². The number of thiophene rings is 1. The van der Waals surface area contributed by atoms with E-state index in [2.05, 4.69) is 16.3 Å². The molecule has 1 N–H and O–H groups in total. The van der Waals surface area contributed by atoms with Gasteiger partial charge in [-0.2, -0.15) is 5.26 Å². The minimum Gasteiger partial charge on any atom is -0.370 e. The summed E-state index contributed by atoms with van der Waals surface area (Å²) in [5.41, 5.74) is 1.71. The normalized spacial score (nSPS) is 20.8. The molecule has 30 heavy (non-hydrogen) atoms. The Bertz CT molecular complexity index is 1160. The molecular formula is C20H18N6O3S. The second kappa shape index (κ2) is 7.44. The quantitative estimate of drug-likeness (QED) is 0.629. The molecule has 3 saturated heterocycles. The number of fused-ring (bicyclic) bond motifs is 4. The zero-order valence-corrected chi connectivity index (χ0v) is 16.7. The van der Waals surface area contributed by atoms with Gasteiger partial charge in [0.25, 0.3) is 5.91 Å². The smallest absolute Gasteiger partial charge is 0.313 e. The molecule has 0 aliphatic carbocycles. The van der Waals surface area contributed by atoms with Gasteiger partial charge in [-0.15, -0.1) is 21.5 Å². The number of carbonyl (C=O) groups excluding carboxylic acids is 2. The van der Waals surface area contributed by atoms with Crippen LogP contribution in [0.5, 0.6) is 0 Å². The van der Waals surface area contributed by atoms with Gasteiger partial charge < -0.3 is 15.1 Å². The molecule has 10 heteroatoms. The van der Waals surface area contributed by atoms with Crippen molar-refractivity contribution < 1.29 is 14.4 Å². The lowest BCUT2D eigenvalue weighted by Crippen LogP contribution is -2.62. The molecule has 0 aromatic carbocycles. The van der Waals surface area contributed by atoms with Crippen LogP contribution in [-0.2, 0) is 9.63 Å². The maximum atomic E-state index is 12.8. The van der Waals surface area contributed by atoms with E-state index in [0.29, 0.717) is 35.8 Å². The number of nitrogens with zero attached hydrogens (tertiary/aromatic N) is 5. The maximum Gasteiger partial charge on any atom is 0.313 e. The van der Waals surface area contributed by atoms with E-state index in [1.165, 1.54) is 11.3 Å². The van der Waals surface area contributed by atoms with E-state index in [-0.39, 0.29) is 18.0 Å². The van der Waals surface area contributed by atoms with Crippen molar-refractivity contribution in [2.45, 2.75) is 24.9 Å². The minimum absolute atomic E-state index is 0.133. The highest BCUT2D eigenvalue weighted by atomic mass is 32.1. The first-order chi connectivity index (χ1) is 14.7. The monoisotopic (exact) mass is 422 g/mol. The lowest BCUT2D eigenvalue weighted by molar-refractivity contribution is -0.199. The third-order valence-electron chi connectivity index (χ3n) is 5.69. The topological polar surface area (TPSA) is 103 Å². The van der Waals surface area contributed by atoms with E-state index in [9.17, 15) is 9.59 Å². The summed E-state index contributed by atoms with van der Waals surface area (Å²) < 4.78 is 1.63. The van der Waals surface area contributed by atoms with Crippen LogP contribution in [-0.4, -0.2) is 52.2 Å². The summed E-state index contributed by atoms with van der Waals surface area (Å²) in [6, 6.07) is 11.6. The Morgan fingerprint density at radius 3 is 2.83 bits per heavy atom. The van der Waals surface area contributed by atoms with Crippen molar-refractivity contribution in [1.29, 1.82) is 5.26 Å². The van der Waals surface area contributed by atoms with Crippen LogP contribution in [0.25, 0.3) is 5.52 Å². The highest BCUT2D eigenvalue weighted by Gasteiger charge is 2.41. The summed E-state index contributed by atoms with van der Waals surface area (Å²) in [5, 5.41) is 20.2. The van der Waals surface area contributed by atoms with Crippen LogP contribution >= 0.6 is 11.3 Å². The number of rotatable bonds is 5. The van der Waals surface area contributed by atoms with E-state index in [0.717, 1.165) is 24.2 Å². The lowest BCUT2D eigenvalue weighted by atomic mass is 9.92. The summed E-state index contributed by atoms with van der Waals surface area (Å²) in [4.78, 5) is 31.3. The number of amides is 1. The molecule has 3 aliphatic rings. The predicted octanol–water partition coefficient (Wildman–Crippen LogP) is 2.26. The first-order valence-corrected chi connectivity index (χ1v) is 10.5. The molecular weight excluding hydrogens is 404 g/mol. The van der Waals surface area contributed by atoms with E-state index >= 15 is 0 Å². The number of piperazine rings is 1. The molecule has 2 bridgehead atoms. The van der Waals surface area contributed by atoms with Crippen LogP contribution in [0.4, 0.5) is 11.5 Å². The molecule has 3 aliphatic heterocycles. The predicted molar refractivity (Wildman–Crippen MR) is 110 cm³/mol. The van der Waals surface area contributed by atoms with Crippen molar-refractivity contribution >= 4 is 40.7 Å². The van der Waals surface area contributed by atoms with Crippen molar-refractivity contribution in [3.05, 3.63) is 46.3 Å². The number of aromatic nitrogens is 2. The Balaban J connectivity index is 1.42. The Labute approximate surface area is 176 Å². The Morgan fingerprint density at radius 2 is 2.07 bits per heavy atom. The first kappa shape index (κ1) is 18.6. The van der Waals surface area contributed by atoms with Crippen LogP contribution in [0.3, 0.4) is 0 Å². The fourth-order valence-corrected chi connectivity index (χ4v) is 4.88. The van der Waals surface area contributed by atoms with Gasteiger partial charge in [0.15, 0.2) is 0 Å². The SMILES string of the molecule is N#Cc1sccc1NC(=O)c1ccc2ccc(N3C[C@@H]4CC[C@H]3CN4OC=O)nn12. The van der Waals surface area contributed by atoms with Gasteiger partial charge in [-0.25, -0.2) is 4.52 Å². The summed E-state index contributed by atoms with van der Waals surface area (Å²) in [6.45, 7) is 1.82. The van der Waals surface area contributed by atoms with Crippen molar-refractivity contribution in [3.8, 4) is 6.07 Å². The van der Waals surface area contributed by atoms with Gasteiger partial charge in [-0.1, -0.05) is 0 Å². The highest BCUT2D eigenvalue weighted by Crippen LogP contribution is 2.32. The third-order valence-corrected chi connectivity index (χ3v) is 6.51. The number of hydrogen-bond donors (Lipinski definition) is 1. The van der Waals surface area contributed by atoms with Crippen molar-refractivity contribution in [3.63, 3.8) is 0 Å². The molecule has 3 fully saturated rings. The van der Waals surface area contributed by atoms with Crippen molar-refractivity contribution in [1.82, 2.24) is 14.7 Å². The van der Waals surface area contributed by atoms with Gasteiger partial charge in [0.2, 0.25) is 0 Å². The van der Waals surface area contributed by atoms with Crippen molar-refractivity contribution in [2.75, 3.05) is 23.3 Å². The number of anilines is 2. The van der Waals surface area contributed by atoms with E-state index in [1.807, 2.05) is 18.2 Å². The Kier molecular flexibility index (Phi) is 4.61. The van der Waals surface area contributed by atoms with Gasteiger partial charge in [-0.3, -0.25) is 9.59 Å². The first-order valence-electron chi connectivity index (χ1n) is 9.59. The number of nitrogens with one attached hydrogen (secondary N) is 1. The third kappa shape index (κ3) is 3.08. The number of piperidine rings is 2. The average molecular weight is 422 g/mol. The van der Waals surface area contributed by atoms with Crippen LogP contribution in [0.15, 0.2) is 35.7 Å². The van der Waals surface area contributed by atoms with Crippen molar-refractivity contribution in [2.24, 2.45) is 0 Å². The number of hydroxylamine groups is 2. The summed E-state index contributed by atoms with van der Waals surface area (Å²) >= 11 is 1.28. The average Bonchev–Trinajstić information content (AvgIpc) is 3.40. The lowest BCUT2D eigenvalue weighted by Gasteiger charge is -2.49. The maximum absolute atomic E-state index is 12.8. The van der Waals surface area contributed by atoms with Gasteiger partial charge in [-0.05, 0) is 48.6 Å². The Hall–Kier alpha value is -3.42. The fraction of sp³-hybridized carbons (Fsp3) is 0.300.